The maximum absolute atomic E-state index is 9.06. The predicted octanol–water partition coefficient (Wildman–Crippen LogP) is 1.72. The number of rotatable bonds is 1. The lowest BCUT2D eigenvalue weighted by Crippen LogP contribution is -1.85. The highest BCUT2D eigenvalue weighted by molar-refractivity contribution is 6.35. The third kappa shape index (κ3) is 1.30. The zero-order valence-corrected chi connectivity index (χ0v) is 7.91. The average molecular weight is 197 g/mol. The van der Waals surface area contributed by atoms with Crippen LogP contribution in [0.5, 0.6) is 0 Å². The zero-order chi connectivity index (χ0) is 9.42. The first-order chi connectivity index (χ1) is 6.22. The average Bonchev–Trinajstić information content (AvgIpc) is 2.48. The van der Waals surface area contributed by atoms with Crippen LogP contribution in [-0.2, 0) is 13.7 Å². The summed E-state index contributed by atoms with van der Waals surface area (Å²) in [6, 6.07) is 3.56. The number of aryl methyl sites for hydroxylation is 1. The maximum atomic E-state index is 9.06. The topological polar surface area (TPSA) is 38.0 Å². The van der Waals surface area contributed by atoms with Gasteiger partial charge in [-0.3, -0.25) is 4.68 Å². The molecule has 0 aliphatic rings. The molecule has 68 valence electrons. The Hall–Kier alpha value is -1.06. The second-order valence-electron chi connectivity index (χ2n) is 2.93. The van der Waals surface area contributed by atoms with E-state index in [-0.39, 0.29) is 6.61 Å². The first-order valence-electron chi connectivity index (χ1n) is 3.94. The van der Waals surface area contributed by atoms with Crippen molar-refractivity contribution < 1.29 is 5.11 Å². The number of fused-ring (bicyclic) bond motifs is 1. The van der Waals surface area contributed by atoms with Crippen molar-refractivity contribution in [3.8, 4) is 0 Å². The molecule has 0 atom stereocenters. The summed E-state index contributed by atoms with van der Waals surface area (Å²) in [5, 5.41) is 14.8. The van der Waals surface area contributed by atoms with Gasteiger partial charge in [0.2, 0.25) is 0 Å². The molecule has 2 rings (SSSR count). The van der Waals surface area contributed by atoms with Crippen molar-refractivity contribution in [3.05, 3.63) is 28.9 Å². The molecular weight excluding hydrogens is 188 g/mol. The van der Waals surface area contributed by atoms with Crippen LogP contribution < -0.4 is 0 Å². The fourth-order valence-electron chi connectivity index (χ4n) is 1.38. The normalized spacial score (nSPS) is 11.0. The van der Waals surface area contributed by atoms with Crippen molar-refractivity contribution >= 4 is 22.5 Å². The molecule has 0 fully saturated rings. The zero-order valence-electron chi connectivity index (χ0n) is 7.16. The van der Waals surface area contributed by atoms with Crippen LogP contribution in [0.2, 0.25) is 5.02 Å². The van der Waals surface area contributed by atoms with Gasteiger partial charge < -0.3 is 5.11 Å². The van der Waals surface area contributed by atoms with Crippen molar-refractivity contribution in [2.24, 2.45) is 7.05 Å². The van der Waals surface area contributed by atoms with Crippen molar-refractivity contribution in [1.82, 2.24) is 9.78 Å². The molecule has 3 nitrogen and oxygen atoms in total. The van der Waals surface area contributed by atoms with Gasteiger partial charge in [-0.15, -0.1) is 0 Å². The molecule has 1 aromatic heterocycles. The lowest BCUT2D eigenvalue weighted by molar-refractivity contribution is 0.283. The number of benzene rings is 1. The van der Waals surface area contributed by atoms with E-state index in [0.717, 1.165) is 16.5 Å². The molecule has 1 heterocycles. The van der Waals surface area contributed by atoms with E-state index in [0.29, 0.717) is 5.02 Å². The predicted molar refractivity (Wildman–Crippen MR) is 51.6 cm³/mol. The third-order valence-corrected chi connectivity index (χ3v) is 2.31. The molecule has 0 aliphatic heterocycles. The Bertz CT molecular complexity index is 450. The quantitative estimate of drug-likeness (QED) is 0.754. The Kier molecular flexibility index (Phi) is 1.98. The molecule has 0 saturated carbocycles. The van der Waals surface area contributed by atoms with Gasteiger partial charge in [-0.2, -0.15) is 5.10 Å². The maximum Gasteiger partial charge on any atom is 0.111 e. The number of halogens is 1. The van der Waals surface area contributed by atoms with E-state index < -0.39 is 0 Å². The Balaban J connectivity index is 2.83. The largest absolute Gasteiger partial charge is 0.392 e. The van der Waals surface area contributed by atoms with Gasteiger partial charge in [0.25, 0.3) is 0 Å². The molecule has 0 bridgehead atoms. The Labute approximate surface area is 80.5 Å². The number of aliphatic hydroxyl groups is 1. The second-order valence-corrected chi connectivity index (χ2v) is 3.34. The van der Waals surface area contributed by atoms with Gasteiger partial charge in [0, 0.05) is 18.6 Å². The summed E-state index contributed by atoms with van der Waals surface area (Å²) in [7, 11) is 1.83. The van der Waals surface area contributed by atoms with Crippen LogP contribution in [0.4, 0.5) is 0 Å². The van der Waals surface area contributed by atoms with Gasteiger partial charge in [0.05, 0.1) is 11.6 Å². The van der Waals surface area contributed by atoms with Crippen LogP contribution in [0.1, 0.15) is 5.56 Å². The molecular formula is C9H9ClN2O. The standard InChI is InChI=1S/C9H9ClN2O/c1-12-4-7-6(5-13)2-3-8(10)9(7)11-12/h2-4,13H,5H2,1H3. The highest BCUT2D eigenvalue weighted by Gasteiger charge is 2.07. The second kappa shape index (κ2) is 3.01. The minimum atomic E-state index is 0.0133. The monoisotopic (exact) mass is 196 g/mol. The summed E-state index contributed by atoms with van der Waals surface area (Å²) in [5.41, 5.74) is 1.60. The van der Waals surface area contributed by atoms with E-state index in [1.807, 2.05) is 19.3 Å². The molecule has 2 aromatic rings. The molecule has 13 heavy (non-hydrogen) atoms. The molecule has 0 spiro atoms. The Morgan fingerprint density at radius 3 is 3.00 bits per heavy atom. The first kappa shape index (κ1) is 8.53. The SMILES string of the molecule is Cn1cc2c(CO)ccc(Cl)c2n1. The number of nitrogens with zero attached hydrogens (tertiary/aromatic N) is 2. The first-order valence-corrected chi connectivity index (χ1v) is 4.32. The van der Waals surface area contributed by atoms with E-state index in [1.165, 1.54) is 0 Å². The van der Waals surface area contributed by atoms with E-state index in [9.17, 15) is 0 Å². The fourth-order valence-corrected chi connectivity index (χ4v) is 1.58. The van der Waals surface area contributed by atoms with E-state index >= 15 is 0 Å². The van der Waals surface area contributed by atoms with Crippen LogP contribution in [0.25, 0.3) is 10.9 Å². The van der Waals surface area contributed by atoms with E-state index in [2.05, 4.69) is 5.10 Å². The minimum absolute atomic E-state index is 0.0133. The molecule has 0 unspecified atom stereocenters. The Morgan fingerprint density at radius 1 is 1.54 bits per heavy atom. The highest BCUT2D eigenvalue weighted by Crippen LogP contribution is 2.24. The highest BCUT2D eigenvalue weighted by atomic mass is 35.5. The van der Waals surface area contributed by atoms with Crippen LogP contribution in [0, 0.1) is 0 Å². The van der Waals surface area contributed by atoms with Crippen molar-refractivity contribution in [3.63, 3.8) is 0 Å². The summed E-state index contributed by atoms with van der Waals surface area (Å²) >= 11 is 5.94. The van der Waals surface area contributed by atoms with Gasteiger partial charge in [0.1, 0.15) is 5.52 Å². The minimum Gasteiger partial charge on any atom is -0.392 e. The van der Waals surface area contributed by atoms with Gasteiger partial charge >= 0.3 is 0 Å². The molecule has 1 aromatic carbocycles. The summed E-state index contributed by atoms with van der Waals surface area (Å²) in [6.45, 7) is 0.0133. The van der Waals surface area contributed by atoms with Crippen molar-refractivity contribution in [1.29, 1.82) is 0 Å². The van der Waals surface area contributed by atoms with Gasteiger partial charge in [0.15, 0.2) is 0 Å². The summed E-state index contributed by atoms with van der Waals surface area (Å²) in [4.78, 5) is 0. The molecule has 0 saturated heterocycles. The van der Waals surface area contributed by atoms with Crippen LogP contribution in [-0.4, -0.2) is 14.9 Å². The van der Waals surface area contributed by atoms with Crippen LogP contribution in [0.3, 0.4) is 0 Å². The van der Waals surface area contributed by atoms with E-state index in [1.54, 1.807) is 10.7 Å². The van der Waals surface area contributed by atoms with Crippen molar-refractivity contribution in [2.75, 3.05) is 0 Å². The Morgan fingerprint density at radius 2 is 2.31 bits per heavy atom. The molecule has 0 aliphatic carbocycles. The van der Waals surface area contributed by atoms with Crippen LogP contribution >= 0.6 is 11.6 Å². The summed E-state index contributed by atoms with van der Waals surface area (Å²) in [5.74, 6) is 0. The van der Waals surface area contributed by atoms with Gasteiger partial charge in [-0.1, -0.05) is 17.7 Å². The van der Waals surface area contributed by atoms with Gasteiger partial charge in [-0.05, 0) is 11.6 Å². The number of aromatic nitrogens is 2. The van der Waals surface area contributed by atoms with Crippen LogP contribution in [0.15, 0.2) is 18.3 Å². The van der Waals surface area contributed by atoms with E-state index in [4.69, 9.17) is 16.7 Å². The third-order valence-electron chi connectivity index (χ3n) is 2.00. The smallest absolute Gasteiger partial charge is 0.111 e. The molecule has 4 heteroatoms. The molecule has 0 radical (unpaired) electrons. The van der Waals surface area contributed by atoms with Gasteiger partial charge in [-0.25, -0.2) is 0 Å². The summed E-state index contributed by atoms with van der Waals surface area (Å²) < 4.78 is 1.69. The number of aliphatic hydroxyl groups excluding tert-OH is 1. The molecule has 1 N–H and O–H groups in total. The number of hydrogen-bond donors (Lipinski definition) is 1. The lowest BCUT2D eigenvalue weighted by Gasteiger charge is -1.97. The van der Waals surface area contributed by atoms with Crippen molar-refractivity contribution in [2.45, 2.75) is 6.61 Å². The summed E-state index contributed by atoms with van der Waals surface area (Å²) in [6.07, 6.45) is 1.85. The number of hydrogen-bond acceptors (Lipinski definition) is 2. The molecule has 0 amide bonds. The fraction of sp³-hybridized carbons (Fsp3) is 0.222. The lowest BCUT2D eigenvalue weighted by atomic mass is 10.1.